The molecule has 0 N–H and O–H groups in total. The number of rotatable bonds is 2. The lowest BCUT2D eigenvalue weighted by molar-refractivity contribution is 0.780. The third-order valence-electron chi connectivity index (χ3n) is 4.14. The van der Waals surface area contributed by atoms with E-state index in [1.54, 1.807) is 4.68 Å². The summed E-state index contributed by atoms with van der Waals surface area (Å²) in [6.07, 6.45) is 0. The molecule has 0 fully saturated rings. The second-order valence-corrected chi connectivity index (χ2v) is 6.97. The van der Waals surface area contributed by atoms with Gasteiger partial charge in [-0.3, -0.25) is 4.68 Å². The molecule has 0 saturated heterocycles. The zero-order chi connectivity index (χ0) is 17.0. The lowest BCUT2D eigenvalue weighted by Crippen LogP contribution is -2.02. The first kappa shape index (κ1) is 15.5. The predicted molar refractivity (Wildman–Crippen MR) is 99.3 cm³/mol. The van der Waals surface area contributed by atoms with Gasteiger partial charge in [0, 0.05) is 29.9 Å². The molecular weight excluding hydrogens is 390 g/mol. The minimum atomic E-state index is 0.618. The molecule has 0 radical (unpaired) electrons. The van der Waals surface area contributed by atoms with Crippen molar-refractivity contribution in [3.63, 3.8) is 0 Å². The Labute approximate surface area is 152 Å². The summed E-state index contributed by atoms with van der Waals surface area (Å²) in [6, 6.07) is 12.1. The van der Waals surface area contributed by atoms with E-state index < -0.39 is 0 Å². The number of hydrogen-bond acceptors (Lipinski definition) is 2. The van der Waals surface area contributed by atoms with Gasteiger partial charge in [-0.1, -0.05) is 11.6 Å². The number of hydrogen-bond donors (Lipinski definition) is 0. The van der Waals surface area contributed by atoms with Gasteiger partial charge >= 0.3 is 0 Å². The van der Waals surface area contributed by atoms with Crippen molar-refractivity contribution in [2.24, 2.45) is 7.05 Å². The summed E-state index contributed by atoms with van der Waals surface area (Å²) >= 11 is 9.93. The molecule has 0 spiro atoms. The first-order valence-corrected chi connectivity index (χ1v) is 8.66. The van der Waals surface area contributed by atoms with Crippen LogP contribution in [-0.2, 0) is 7.05 Å². The Morgan fingerprint density at radius 3 is 2.42 bits per heavy atom. The first-order chi connectivity index (χ1) is 11.5. The van der Waals surface area contributed by atoms with Crippen LogP contribution in [0.2, 0.25) is 5.15 Å². The van der Waals surface area contributed by atoms with Crippen LogP contribution in [0.1, 0.15) is 11.4 Å². The molecule has 0 unspecified atom stereocenters. The monoisotopic (exact) mass is 403 g/mol. The van der Waals surface area contributed by atoms with Crippen molar-refractivity contribution in [1.82, 2.24) is 24.1 Å². The van der Waals surface area contributed by atoms with E-state index in [9.17, 15) is 0 Å². The van der Waals surface area contributed by atoms with Crippen molar-refractivity contribution in [2.75, 3.05) is 0 Å². The Kier molecular flexibility index (Phi) is 3.54. The normalized spacial score (nSPS) is 11.5. The predicted octanol–water partition coefficient (Wildman–Crippen LogP) is 4.58. The highest BCUT2D eigenvalue weighted by Gasteiger charge is 2.14. The highest BCUT2D eigenvalue weighted by atomic mass is 79.9. The van der Waals surface area contributed by atoms with Crippen LogP contribution in [0.25, 0.3) is 22.4 Å². The molecule has 5 nitrogen and oxygen atoms in total. The van der Waals surface area contributed by atoms with Crippen LogP contribution in [-0.4, -0.2) is 24.1 Å². The molecule has 0 atom stereocenters. The van der Waals surface area contributed by atoms with Crippen LogP contribution in [0.4, 0.5) is 0 Å². The van der Waals surface area contributed by atoms with Gasteiger partial charge in [0.05, 0.1) is 11.2 Å². The molecule has 122 valence electrons. The van der Waals surface area contributed by atoms with E-state index in [0.717, 1.165) is 38.4 Å². The van der Waals surface area contributed by atoms with Crippen LogP contribution >= 0.6 is 27.5 Å². The number of aryl methyl sites for hydroxylation is 3. The highest BCUT2D eigenvalue weighted by molar-refractivity contribution is 9.10. The summed E-state index contributed by atoms with van der Waals surface area (Å²) < 4.78 is 6.53. The second-order valence-electron chi connectivity index (χ2n) is 5.80. The summed E-state index contributed by atoms with van der Waals surface area (Å²) in [7, 11) is 1.83. The van der Waals surface area contributed by atoms with Crippen LogP contribution in [0.15, 0.2) is 41.0 Å². The second kappa shape index (κ2) is 5.50. The van der Waals surface area contributed by atoms with Crippen molar-refractivity contribution in [1.29, 1.82) is 0 Å². The van der Waals surface area contributed by atoms with Crippen molar-refractivity contribution < 1.29 is 0 Å². The minimum Gasteiger partial charge on any atom is -0.302 e. The maximum atomic E-state index is 6.32. The molecule has 0 aliphatic heterocycles. The number of halogens is 2. The molecule has 0 aliphatic rings. The topological polar surface area (TPSA) is 40.6 Å². The smallest absolute Gasteiger partial charge is 0.160 e. The summed E-state index contributed by atoms with van der Waals surface area (Å²) in [4.78, 5) is 0. The molecule has 1 aromatic carbocycles. The van der Waals surface area contributed by atoms with E-state index in [4.69, 9.17) is 16.7 Å². The van der Waals surface area contributed by atoms with E-state index in [1.807, 2.05) is 36.0 Å². The average Bonchev–Trinajstić information content (AvgIpc) is 3.17. The SMILES string of the molecule is Cc1ccc(C)n1-c1cc(Br)n(-c2ccc3nn(C)c(Cl)c3c2)n1. The standard InChI is InChI=1S/C17H15BrClN5/c1-10-4-5-11(2)23(10)16-9-15(18)24(21-16)12-6-7-14-13(8-12)17(19)22(3)20-14/h4-9H,1-3H3. The van der Waals surface area contributed by atoms with Crippen LogP contribution in [0.3, 0.4) is 0 Å². The molecule has 0 aliphatic carbocycles. The number of aromatic nitrogens is 5. The quantitative estimate of drug-likeness (QED) is 0.490. The first-order valence-electron chi connectivity index (χ1n) is 7.49. The third-order valence-corrected chi connectivity index (χ3v) is 5.16. The molecule has 0 amide bonds. The van der Waals surface area contributed by atoms with Gasteiger partial charge in [0.25, 0.3) is 0 Å². The highest BCUT2D eigenvalue weighted by Crippen LogP contribution is 2.28. The van der Waals surface area contributed by atoms with Crippen LogP contribution in [0.5, 0.6) is 0 Å². The number of nitrogens with zero attached hydrogens (tertiary/aromatic N) is 5. The molecule has 24 heavy (non-hydrogen) atoms. The summed E-state index contributed by atoms with van der Waals surface area (Å²) in [6.45, 7) is 4.14. The lowest BCUT2D eigenvalue weighted by atomic mass is 10.2. The summed E-state index contributed by atoms with van der Waals surface area (Å²) in [5, 5.41) is 10.7. The lowest BCUT2D eigenvalue weighted by Gasteiger charge is -2.06. The summed E-state index contributed by atoms with van der Waals surface area (Å²) in [5.74, 6) is 0.874. The van der Waals surface area contributed by atoms with Crippen molar-refractivity contribution in [2.45, 2.75) is 13.8 Å². The molecule has 7 heteroatoms. The van der Waals surface area contributed by atoms with E-state index in [-0.39, 0.29) is 0 Å². The van der Waals surface area contributed by atoms with Gasteiger partial charge in [-0.2, -0.15) is 5.10 Å². The van der Waals surface area contributed by atoms with Crippen molar-refractivity contribution >= 4 is 38.4 Å². The van der Waals surface area contributed by atoms with E-state index in [1.165, 1.54) is 0 Å². The van der Waals surface area contributed by atoms with Gasteiger partial charge in [-0.05, 0) is 60.1 Å². The Balaban J connectivity index is 1.87. The zero-order valence-electron chi connectivity index (χ0n) is 13.5. The van der Waals surface area contributed by atoms with Gasteiger partial charge in [0.15, 0.2) is 5.82 Å². The Hall–Kier alpha value is -2.05. The van der Waals surface area contributed by atoms with E-state index in [2.05, 4.69) is 51.6 Å². The van der Waals surface area contributed by atoms with E-state index >= 15 is 0 Å². The zero-order valence-corrected chi connectivity index (χ0v) is 15.8. The summed E-state index contributed by atoms with van der Waals surface area (Å²) in [5.41, 5.74) is 4.09. The average molecular weight is 405 g/mol. The molecule has 0 saturated carbocycles. The number of fused-ring (bicyclic) bond motifs is 1. The van der Waals surface area contributed by atoms with Gasteiger partial charge < -0.3 is 4.57 Å². The Morgan fingerprint density at radius 2 is 1.71 bits per heavy atom. The van der Waals surface area contributed by atoms with E-state index in [0.29, 0.717) is 5.15 Å². The van der Waals surface area contributed by atoms with Gasteiger partial charge in [-0.25, -0.2) is 4.68 Å². The molecule has 4 rings (SSSR count). The maximum Gasteiger partial charge on any atom is 0.160 e. The third kappa shape index (κ3) is 2.29. The van der Waals surface area contributed by atoms with Crippen LogP contribution < -0.4 is 0 Å². The minimum absolute atomic E-state index is 0.618. The maximum absolute atomic E-state index is 6.32. The van der Waals surface area contributed by atoms with Gasteiger partial charge in [-0.15, -0.1) is 5.10 Å². The van der Waals surface area contributed by atoms with Gasteiger partial charge in [0.1, 0.15) is 9.76 Å². The molecule has 3 heterocycles. The van der Waals surface area contributed by atoms with Crippen molar-refractivity contribution in [3.8, 4) is 11.5 Å². The molecule has 4 aromatic rings. The largest absolute Gasteiger partial charge is 0.302 e. The fourth-order valence-electron chi connectivity index (χ4n) is 2.95. The van der Waals surface area contributed by atoms with Gasteiger partial charge in [0.2, 0.25) is 0 Å². The molecular formula is C17H15BrClN5. The van der Waals surface area contributed by atoms with Crippen molar-refractivity contribution in [3.05, 3.63) is 57.5 Å². The fraction of sp³-hybridized carbons (Fsp3) is 0.176. The Morgan fingerprint density at radius 1 is 1.00 bits per heavy atom. The number of benzene rings is 1. The molecule has 0 bridgehead atoms. The Bertz CT molecular complexity index is 1050. The van der Waals surface area contributed by atoms with Crippen LogP contribution in [0, 0.1) is 13.8 Å². The molecule has 3 aromatic heterocycles. The fourth-order valence-corrected chi connectivity index (χ4v) is 3.63.